The molecule has 218 valence electrons. The lowest BCUT2D eigenvalue weighted by atomic mass is 9.94. The quantitative estimate of drug-likeness (QED) is 0.369. The van der Waals surface area contributed by atoms with Crippen molar-refractivity contribution < 1.29 is 45.8 Å². The molecule has 4 N–H and O–H groups in total. The molecule has 2 aliphatic rings. The summed E-state index contributed by atoms with van der Waals surface area (Å²) in [5.41, 5.74) is 1.67. The number of aryl methyl sites for hydroxylation is 1. The van der Waals surface area contributed by atoms with Gasteiger partial charge >= 0.3 is 12.1 Å². The highest BCUT2D eigenvalue weighted by Gasteiger charge is 2.51. The minimum Gasteiger partial charge on any atom is -0.475 e. The van der Waals surface area contributed by atoms with Crippen LogP contribution in [-0.2, 0) is 34.6 Å². The molecular weight excluding hydrogens is 555 g/mol. The van der Waals surface area contributed by atoms with Crippen molar-refractivity contribution in [2.45, 2.75) is 62.1 Å². The number of hydrogen-bond donors (Lipinski definition) is 4. The standard InChI is InChI=1S/C24H29N3O5S.C2HF3O2/c1-16-5-10-21(26-17(2)28)22(14-16)33(30,31)27-19-8-6-18(7-9-19)24(11-12-24)23(29)25-15-20-4-3-13-32-20;3-2(4,5)1(6)7/h5-10,14,20,27H,3-4,11-13,15H2,1-2H3,(H,25,29)(H,26,28);(H,6,7). The van der Waals surface area contributed by atoms with Crippen molar-refractivity contribution in [1.82, 2.24) is 5.32 Å². The molecule has 2 aromatic carbocycles. The third-order valence-electron chi connectivity index (χ3n) is 6.37. The highest BCUT2D eigenvalue weighted by atomic mass is 32.2. The number of benzene rings is 2. The van der Waals surface area contributed by atoms with Crippen LogP contribution in [0.25, 0.3) is 0 Å². The van der Waals surface area contributed by atoms with E-state index < -0.39 is 27.6 Å². The average Bonchev–Trinajstić information content (AvgIpc) is 3.51. The Kier molecular flexibility index (Phi) is 9.46. The first-order valence-electron chi connectivity index (χ1n) is 12.4. The van der Waals surface area contributed by atoms with Crippen molar-refractivity contribution in [3.8, 4) is 0 Å². The number of rotatable bonds is 8. The molecular formula is C26H30F3N3O7S. The van der Waals surface area contributed by atoms with Gasteiger partial charge in [-0.05, 0) is 68.0 Å². The van der Waals surface area contributed by atoms with Gasteiger partial charge in [0.2, 0.25) is 11.8 Å². The van der Waals surface area contributed by atoms with Crippen LogP contribution in [0.2, 0.25) is 0 Å². The van der Waals surface area contributed by atoms with Crippen molar-refractivity contribution >= 4 is 39.2 Å². The van der Waals surface area contributed by atoms with E-state index in [1.807, 2.05) is 0 Å². The lowest BCUT2D eigenvalue weighted by Gasteiger charge is -2.18. The lowest BCUT2D eigenvalue weighted by molar-refractivity contribution is -0.192. The summed E-state index contributed by atoms with van der Waals surface area (Å²) in [6.07, 6.45) is -1.48. The molecule has 0 aromatic heterocycles. The van der Waals surface area contributed by atoms with Gasteiger partial charge in [0.05, 0.1) is 17.2 Å². The van der Waals surface area contributed by atoms with Gasteiger partial charge in [0.1, 0.15) is 4.90 Å². The third kappa shape index (κ3) is 7.94. The van der Waals surface area contributed by atoms with Crippen molar-refractivity contribution in [3.63, 3.8) is 0 Å². The molecule has 40 heavy (non-hydrogen) atoms. The molecule has 1 saturated heterocycles. The molecule has 4 rings (SSSR count). The highest BCUT2D eigenvalue weighted by Crippen LogP contribution is 2.48. The summed E-state index contributed by atoms with van der Waals surface area (Å²) in [6.45, 7) is 4.38. The van der Waals surface area contributed by atoms with Crippen LogP contribution in [0.3, 0.4) is 0 Å². The maximum Gasteiger partial charge on any atom is 0.490 e. The topological polar surface area (TPSA) is 151 Å². The van der Waals surface area contributed by atoms with Gasteiger partial charge in [0.15, 0.2) is 0 Å². The molecule has 1 unspecified atom stereocenters. The number of nitrogens with one attached hydrogen (secondary N) is 3. The molecule has 1 atom stereocenters. The number of ether oxygens (including phenoxy) is 1. The van der Waals surface area contributed by atoms with E-state index in [1.165, 1.54) is 13.0 Å². The Balaban J connectivity index is 0.000000559. The largest absolute Gasteiger partial charge is 0.490 e. The van der Waals surface area contributed by atoms with Crippen molar-refractivity contribution in [3.05, 3.63) is 53.6 Å². The Labute approximate surface area is 229 Å². The van der Waals surface area contributed by atoms with Gasteiger partial charge in [-0.15, -0.1) is 0 Å². The second-order valence-corrected chi connectivity index (χ2v) is 11.2. The van der Waals surface area contributed by atoms with Gasteiger partial charge in [0.25, 0.3) is 10.0 Å². The maximum absolute atomic E-state index is 13.0. The number of hydrogen-bond acceptors (Lipinski definition) is 6. The molecule has 1 saturated carbocycles. The molecule has 1 heterocycles. The highest BCUT2D eigenvalue weighted by molar-refractivity contribution is 7.92. The summed E-state index contributed by atoms with van der Waals surface area (Å²) in [4.78, 5) is 33.2. The summed E-state index contributed by atoms with van der Waals surface area (Å²) >= 11 is 0. The van der Waals surface area contributed by atoms with Crippen LogP contribution >= 0.6 is 0 Å². The number of carboxylic acids is 1. The molecule has 1 aliphatic carbocycles. The maximum atomic E-state index is 13.0. The molecule has 2 amide bonds. The Morgan fingerprint density at radius 1 is 1.10 bits per heavy atom. The van der Waals surface area contributed by atoms with Crippen molar-refractivity contribution in [2.24, 2.45) is 0 Å². The van der Waals surface area contributed by atoms with Crippen molar-refractivity contribution in [1.29, 1.82) is 0 Å². The second-order valence-electron chi connectivity index (χ2n) is 9.59. The Morgan fingerprint density at radius 2 is 1.73 bits per heavy atom. The zero-order valence-electron chi connectivity index (χ0n) is 21.8. The van der Waals surface area contributed by atoms with E-state index in [4.69, 9.17) is 14.6 Å². The fourth-order valence-corrected chi connectivity index (χ4v) is 5.47. The molecule has 2 fully saturated rings. The minimum absolute atomic E-state index is 0.00560. The molecule has 2 aromatic rings. The van der Waals surface area contributed by atoms with E-state index in [9.17, 15) is 31.2 Å². The fourth-order valence-electron chi connectivity index (χ4n) is 4.17. The van der Waals surface area contributed by atoms with Gasteiger partial charge in [-0.3, -0.25) is 14.3 Å². The first-order valence-corrected chi connectivity index (χ1v) is 13.8. The SMILES string of the molecule is CC(=O)Nc1ccc(C)cc1S(=O)(=O)Nc1ccc(C2(C(=O)NCC3CCCO3)CC2)cc1.O=C(O)C(F)(F)F. The zero-order valence-corrected chi connectivity index (χ0v) is 22.6. The van der Waals surface area contributed by atoms with Crippen LogP contribution < -0.4 is 15.4 Å². The van der Waals surface area contributed by atoms with Crippen LogP contribution in [0.1, 0.15) is 43.7 Å². The van der Waals surface area contributed by atoms with Crippen LogP contribution in [0.15, 0.2) is 47.4 Å². The predicted octanol–water partition coefficient (Wildman–Crippen LogP) is 3.71. The first kappa shape index (κ1) is 30.9. The number of carbonyl (C=O) groups is 3. The molecule has 0 radical (unpaired) electrons. The van der Waals surface area contributed by atoms with Gasteiger partial charge in [-0.25, -0.2) is 13.2 Å². The first-order chi connectivity index (χ1) is 18.6. The van der Waals surface area contributed by atoms with E-state index in [0.29, 0.717) is 12.2 Å². The van der Waals surface area contributed by atoms with Crippen LogP contribution in [-0.4, -0.2) is 56.7 Å². The Bertz CT molecular complexity index is 1350. The zero-order chi connectivity index (χ0) is 29.7. The van der Waals surface area contributed by atoms with Gasteiger partial charge in [-0.2, -0.15) is 13.2 Å². The van der Waals surface area contributed by atoms with Crippen LogP contribution in [0.5, 0.6) is 0 Å². The van der Waals surface area contributed by atoms with Crippen molar-refractivity contribution in [2.75, 3.05) is 23.2 Å². The number of alkyl halides is 3. The lowest BCUT2D eigenvalue weighted by Crippen LogP contribution is -2.39. The van der Waals surface area contributed by atoms with Gasteiger partial charge in [-0.1, -0.05) is 18.2 Å². The monoisotopic (exact) mass is 585 g/mol. The summed E-state index contributed by atoms with van der Waals surface area (Å²) < 4.78 is 65.9. The van der Waals surface area contributed by atoms with Gasteiger partial charge < -0.3 is 20.5 Å². The fraction of sp³-hybridized carbons (Fsp3) is 0.423. The summed E-state index contributed by atoms with van der Waals surface area (Å²) in [7, 11) is -3.94. The molecule has 1 aliphatic heterocycles. The normalized spacial score (nSPS) is 17.7. The summed E-state index contributed by atoms with van der Waals surface area (Å²) in [5, 5.41) is 12.7. The number of carboxylic acid groups (broad SMARTS) is 1. The number of anilines is 2. The molecule has 0 spiro atoms. The van der Waals surface area contributed by atoms with E-state index in [0.717, 1.165) is 43.4 Å². The number of sulfonamides is 1. The predicted molar refractivity (Wildman–Crippen MR) is 139 cm³/mol. The minimum atomic E-state index is -5.08. The second kappa shape index (κ2) is 12.3. The van der Waals surface area contributed by atoms with E-state index in [1.54, 1.807) is 43.3 Å². The molecule has 0 bridgehead atoms. The number of amides is 2. The Morgan fingerprint density at radius 3 is 2.23 bits per heavy atom. The third-order valence-corrected chi connectivity index (χ3v) is 7.79. The summed E-state index contributed by atoms with van der Waals surface area (Å²) in [6, 6.07) is 11.7. The summed E-state index contributed by atoms with van der Waals surface area (Å²) in [5.74, 6) is -3.12. The average molecular weight is 586 g/mol. The van der Waals surface area contributed by atoms with Gasteiger partial charge in [0, 0.05) is 25.8 Å². The van der Waals surface area contributed by atoms with E-state index >= 15 is 0 Å². The van der Waals surface area contributed by atoms with E-state index in [-0.39, 0.29) is 28.5 Å². The molecule has 10 nitrogen and oxygen atoms in total. The Hall–Kier alpha value is -3.65. The number of aliphatic carboxylic acids is 1. The number of halogens is 3. The van der Waals surface area contributed by atoms with Crippen LogP contribution in [0, 0.1) is 6.92 Å². The number of carbonyl (C=O) groups excluding carboxylic acids is 2. The smallest absolute Gasteiger partial charge is 0.475 e. The molecule has 14 heteroatoms. The van der Waals surface area contributed by atoms with Crippen LogP contribution in [0.4, 0.5) is 24.5 Å². The van der Waals surface area contributed by atoms with E-state index in [2.05, 4.69) is 15.4 Å².